The van der Waals surface area contributed by atoms with Gasteiger partial charge in [0, 0.05) is 11.8 Å². The van der Waals surface area contributed by atoms with Crippen LogP contribution >= 0.6 is 0 Å². The molecule has 4 rings (SSSR count). The second-order valence-corrected chi connectivity index (χ2v) is 5.48. The number of hydrogen-bond donors (Lipinski definition) is 4. The first-order valence-corrected chi connectivity index (χ1v) is 6.38. The molecule has 20 heavy (non-hydrogen) atoms. The number of hydrogen-bond acceptors (Lipinski definition) is 4. The number of aliphatic carboxylic acids is 2. The Labute approximate surface area is 114 Å². The Balaban J connectivity index is 2.21. The van der Waals surface area contributed by atoms with Gasteiger partial charge >= 0.3 is 11.9 Å². The molecule has 4 N–H and O–H groups in total. The van der Waals surface area contributed by atoms with Crippen molar-refractivity contribution in [3.8, 4) is 5.75 Å². The van der Waals surface area contributed by atoms with Crippen LogP contribution in [0.2, 0.25) is 0 Å². The number of phenolic OH excluding ortho intramolecular Hbond substituents is 1. The molecule has 6 nitrogen and oxygen atoms in total. The van der Waals surface area contributed by atoms with E-state index in [1.54, 1.807) is 6.07 Å². The predicted octanol–water partition coefficient (Wildman–Crippen LogP) is 0.739. The van der Waals surface area contributed by atoms with Gasteiger partial charge in [0.15, 0.2) is 0 Å². The molecule has 1 aromatic rings. The maximum atomic E-state index is 11.5. The number of phenols is 1. The summed E-state index contributed by atoms with van der Waals surface area (Å²) in [4.78, 5) is 22.9. The number of rotatable bonds is 2. The van der Waals surface area contributed by atoms with Crippen LogP contribution in [0.4, 0.5) is 0 Å². The molecule has 3 aliphatic rings. The number of fused-ring (bicyclic) bond motifs is 2. The van der Waals surface area contributed by atoms with Crippen LogP contribution in [-0.4, -0.2) is 38.5 Å². The van der Waals surface area contributed by atoms with Crippen molar-refractivity contribution in [2.24, 2.45) is 11.8 Å². The lowest BCUT2D eigenvalue weighted by atomic mass is 9.55. The number of benzene rings is 1. The standard InChI is InChI=1S/C14H14O6/c15-5-1-2-6-7(3-5)10-9(16)4-8(6)11(13(17)18)12(10)14(19)20/h1-3,8-12,15-16H,4H2,(H,17,18)(H,19,20). The highest BCUT2D eigenvalue weighted by molar-refractivity contribution is 5.83. The van der Waals surface area contributed by atoms with Gasteiger partial charge in [0.2, 0.25) is 0 Å². The first-order valence-electron chi connectivity index (χ1n) is 6.38. The Morgan fingerprint density at radius 2 is 1.70 bits per heavy atom. The summed E-state index contributed by atoms with van der Waals surface area (Å²) in [5.41, 5.74) is 1.28. The van der Waals surface area contributed by atoms with Crippen molar-refractivity contribution in [3.05, 3.63) is 29.3 Å². The van der Waals surface area contributed by atoms with E-state index < -0.39 is 41.7 Å². The first kappa shape index (κ1) is 12.9. The van der Waals surface area contributed by atoms with Crippen LogP contribution in [0.5, 0.6) is 5.75 Å². The topological polar surface area (TPSA) is 115 Å². The average molecular weight is 278 g/mol. The summed E-state index contributed by atoms with van der Waals surface area (Å²) in [6.07, 6.45) is -0.658. The van der Waals surface area contributed by atoms with E-state index in [1.807, 2.05) is 0 Å². The molecule has 0 saturated heterocycles. The SMILES string of the molecule is O=C(O)C1C2CC(O)C(c3cc(O)ccc32)C1C(=O)O. The number of aliphatic hydroxyl groups excluding tert-OH is 1. The van der Waals surface area contributed by atoms with Crippen molar-refractivity contribution in [2.45, 2.75) is 24.4 Å². The minimum absolute atomic E-state index is 0.0143. The second kappa shape index (κ2) is 4.21. The molecule has 0 aliphatic heterocycles. The summed E-state index contributed by atoms with van der Waals surface area (Å²) >= 11 is 0. The molecule has 0 heterocycles. The molecule has 0 radical (unpaired) electrons. The number of carbonyl (C=O) groups is 2. The Morgan fingerprint density at radius 3 is 2.30 bits per heavy atom. The van der Waals surface area contributed by atoms with Gasteiger partial charge in [-0.3, -0.25) is 9.59 Å². The zero-order chi connectivity index (χ0) is 14.6. The summed E-state index contributed by atoms with van der Waals surface area (Å²) in [6.45, 7) is 0. The van der Waals surface area contributed by atoms with E-state index in [0.29, 0.717) is 5.56 Å². The van der Waals surface area contributed by atoms with E-state index in [2.05, 4.69) is 0 Å². The largest absolute Gasteiger partial charge is 0.508 e. The van der Waals surface area contributed by atoms with Gasteiger partial charge in [0.25, 0.3) is 0 Å². The van der Waals surface area contributed by atoms with Gasteiger partial charge in [0.1, 0.15) is 5.75 Å². The fourth-order valence-corrected chi connectivity index (χ4v) is 3.81. The third-order valence-electron chi connectivity index (χ3n) is 4.52. The maximum Gasteiger partial charge on any atom is 0.308 e. The summed E-state index contributed by atoms with van der Waals surface area (Å²) in [5.74, 6) is -5.93. The molecule has 0 aromatic heterocycles. The lowest BCUT2D eigenvalue weighted by Gasteiger charge is -2.48. The van der Waals surface area contributed by atoms with E-state index in [0.717, 1.165) is 5.56 Å². The van der Waals surface area contributed by atoms with E-state index in [-0.39, 0.29) is 12.2 Å². The highest BCUT2D eigenvalue weighted by atomic mass is 16.4. The summed E-state index contributed by atoms with van der Waals surface area (Å²) < 4.78 is 0. The molecule has 0 spiro atoms. The average Bonchev–Trinajstić information content (AvgIpc) is 2.36. The van der Waals surface area contributed by atoms with E-state index in [1.165, 1.54) is 12.1 Å². The molecule has 0 amide bonds. The van der Waals surface area contributed by atoms with Crippen LogP contribution in [-0.2, 0) is 9.59 Å². The summed E-state index contributed by atoms with van der Waals surface area (Å²) in [7, 11) is 0. The lowest BCUT2D eigenvalue weighted by molar-refractivity contribution is -0.162. The van der Waals surface area contributed by atoms with Gasteiger partial charge in [0.05, 0.1) is 17.9 Å². The van der Waals surface area contributed by atoms with Crippen molar-refractivity contribution in [1.82, 2.24) is 0 Å². The second-order valence-electron chi connectivity index (χ2n) is 5.48. The Morgan fingerprint density at radius 1 is 1.05 bits per heavy atom. The Bertz CT molecular complexity index is 595. The van der Waals surface area contributed by atoms with Gasteiger partial charge in [-0.1, -0.05) is 6.07 Å². The van der Waals surface area contributed by atoms with Crippen molar-refractivity contribution < 1.29 is 30.0 Å². The molecule has 1 fully saturated rings. The van der Waals surface area contributed by atoms with Crippen molar-refractivity contribution >= 4 is 11.9 Å². The van der Waals surface area contributed by atoms with Crippen molar-refractivity contribution in [2.75, 3.05) is 0 Å². The number of aromatic hydroxyl groups is 1. The van der Waals surface area contributed by atoms with Crippen molar-refractivity contribution in [3.63, 3.8) is 0 Å². The number of aliphatic hydroxyl groups is 1. The minimum atomic E-state index is -1.22. The minimum Gasteiger partial charge on any atom is -0.508 e. The van der Waals surface area contributed by atoms with Crippen LogP contribution in [0.25, 0.3) is 0 Å². The highest BCUT2D eigenvalue weighted by Crippen LogP contribution is 2.56. The van der Waals surface area contributed by atoms with Gasteiger partial charge in [-0.25, -0.2) is 0 Å². The number of carboxylic acid groups (broad SMARTS) is 2. The highest BCUT2D eigenvalue weighted by Gasteiger charge is 2.56. The smallest absolute Gasteiger partial charge is 0.308 e. The van der Waals surface area contributed by atoms with Crippen molar-refractivity contribution in [1.29, 1.82) is 0 Å². The van der Waals surface area contributed by atoms with Gasteiger partial charge < -0.3 is 20.4 Å². The third kappa shape index (κ3) is 1.61. The van der Waals surface area contributed by atoms with Gasteiger partial charge in [-0.2, -0.15) is 0 Å². The molecule has 1 saturated carbocycles. The molecular formula is C14H14O6. The molecule has 6 heteroatoms. The van der Waals surface area contributed by atoms with E-state index in [4.69, 9.17) is 0 Å². The Kier molecular flexibility index (Phi) is 2.72. The zero-order valence-electron chi connectivity index (χ0n) is 10.4. The molecule has 106 valence electrons. The number of carboxylic acids is 2. The Hall–Kier alpha value is -2.08. The van der Waals surface area contributed by atoms with E-state index in [9.17, 15) is 30.0 Å². The zero-order valence-corrected chi connectivity index (χ0v) is 10.4. The summed E-state index contributed by atoms with van der Waals surface area (Å²) in [5, 5.41) is 38.4. The molecular weight excluding hydrogens is 264 g/mol. The predicted molar refractivity (Wildman–Crippen MR) is 66.5 cm³/mol. The van der Waals surface area contributed by atoms with Crippen LogP contribution in [0.3, 0.4) is 0 Å². The lowest BCUT2D eigenvalue weighted by Crippen LogP contribution is -2.51. The monoisotopic (exact) mass is 278 g/mol. The summed E-state index contributed by atoms with van der Waals surface area (Å²) in [6, 6.07) is 4.52. The third-order valence-corrected chi connectivity index (χ3v) is 4.52. The van der Waals surface area contributed by atoms with Gasteiger partial charge in [-0.15, -0.1) is 0 Å². The first-order chi connectivity index (χ1) is 9.41. The quantitative estimate of drug-likeness (QED) is 0.634. The maximum absolute atomic E-state index is 11.5. The van der Waals surface area contributed by atoms with Gasteiger partial charge in [-0.05, 0) is 29.7 Å². The normalized spacial score (nSPS) is 34.5. The van der Waals surface area contributed by atoms with Crippen LogP contribution < -0.4 is 0 Å². The molecule has 3 aliphatic carbocycles. The van der Waals surface area contributed by atoms with Crippen LogP contribution in [0.15, 0.2) is 18.2 Å². The fraction of sp³-hybridized carbons (Fsp3) is 0.429. The van der Waals surface area contributed by atoms with Crippen LogP contribution in [0, 0.1) is 11.8 Å². The molecule has 5 atom stereocenters. The van der Waals surface area contributed by atoms with E-state index >= 15 is 0 Å². The fourth-order valence-electron chi connectivity index (χ4n) is 3.81. The molecule has 1 aromatic carbocycles. The molecule has 5 unspecified atom stereocenters. The molecule has 2 bridgehead atoms. The van der Waals surface area contributed by atoms with Crippen LogP contribution in [0.1, 0.15) is 29.4 Å².